The highest BCUT2D eigenvalue weighted by Crippen LogP contribution is 2.30. The van der Waals surface area contributed by atoms with Crippen LogP contribution in [-0.4, -0.2) is 11.5 Å². The Bertz CT molecular complexity index is 496. The average Bonchev–Trinajstić information content (AvgIpc) is 2.74. The Balaban J connectivity index is 2.43. The van der Waals surface area contributed by atoms with Crippen molar-refractivity contribution in [2.75, 3.05) is 6.54 Å². The van der Waals surface area contributed by atoms with Crippen LogP contribution in [0.5, 0.6) is 0 Å². The van der Waals surface area contributed by atoms with Crippen LogP contribution in [0.25, 0.3) is 0 Å². The fourth-order valence-electron chi connectivity index (χ4n) is 1.86. The van der Waals surface area contributed by atoms with Crippen molar-refractivity contribution in [2.45, 2.75) is 19.9 Å². The molecule has 1 unspecified atom stereocenters. The van der Waals surface area contributed by atoms with Crippen LogP contribution < -0.4 is 5.32 Å². The Morgan fingerprint density at radius 1 is 1.47 bits per heavy atom. The number of hydrogen-bond acceptors (Lipinski definition) is 3. The monoisotopic (exact) mass is 294 g/mol. The highest BCUT2D eigenvalue weighted by molar-refractivity contribution is 9.10. The lowest BCUT2D eigenvalue weighted by Gasteiger charge is -2.18. The molecule has 2 aromatic heterocycles. The number of hydrogen-bond donors (Lipinski definition) is 1. The number of furan rings is 1. The van der Waals surface area contributed by atoms with Crippen molar-refractivity contribution in [3.63, 3.8) is 0 Å². The van der Waals surface area contributed by atoms with Gasteiger partial charge in [-0.15, -0.1) is 0 Å². The van der Waals surface area contributed by atoms with Gasteiger partial charge >= 0.3 is 0 Å². The van der Waals surface area contributed by atoms with Gasteiger partial charge in [-0.05, 0) is 47.1 Å². The number of nitrogens with one attached hydrogen (secondary N) is 1. The summed E-state index contributed by atoms with van der Waals surface area (Å²) in [5, 5.41) is 3.42. The fourth-order valence-corrected chi connectivity index (χ4v) is 2.29. The van der Waals surface area contributed by atoms with Gasteiger partial charge in [0.1, 0.15) is 5.76 Å². The van der Waals surface area contributed by atoms with Crippen LogP contribution in [0.3, 0.4) is 0 Å². The molecule has 2 rings (SSSR count). The smallest absolute Gasteiger partial charge is 0.139 e. The molecule has 2 aromatic rings. The van der Waals surface area contributed by atoms with Gasteiger partial charge in [-0.2, -0.15) is 0 Å². The molecule has 0 amide bonds. The van der Waals surface area contributed by atoms with E-state index in [0.29, 0.717) is 0 Å². The molecule has 0 saturated heterocycles. The molecule has 0 bridgehead atoms. The van der Waals surface area contributed by atoms with E-state index in [2.05, 4.69) is 39.2 Å². The van der Waals surface area contributed by atoms with Crippen LogP contribution in [0.1, 0.15) is 30.0 Å². The van der Waals surface area contributed by atoms with Crippen molar-refractivity contribution >= 4 is 15.9 Å². The van der Waals surface area contributed by atoms with Gasteiger partial charge < -0.3 is 9.73 Å². The molecule has 1 atom stereocenters. The zero-order valence-corrected chi connectivity index (χ0v) is 11.5. The van der Waals surface area contributed by atoms with Crippen molar-refractivity contribution in [2.24, 2.45) is 0 Å². The summed E-state index contributed by atoms with van der Waals surface area (Å²) in [6, 6.07) is 5.97. The minimum atomic E-state index is 0.0399. The van der Waals surface area contributed by atoms with Crippen molar-refractivity contribution in [1.82, 2.24) is 10.3 Å². The van der Waals surface area contributed by atoms with Gasteiger partial charge in [0.2, 0.25) is 0 Å². The summed E-state index contributed by atoms with van der Waals surface area (Å²) < 4.78 is 6.53. The van der Waals surface area contributed by atoms with Gasteiger partial charge in [-0.1, -0.05) is 13.0 Å². The Kier molecular flexibility index (Phi) is 3.97. The fraction of sp³-hybridized carbons (Fsp3) is 0.308. The summed E-state index contributed by atoms with van der Waals surface area (Å²) in [4.78, 5) is 4.32. The predicted octanol–water partition coefficient (Wildman–Crippen LogP) is 3.44. The maximum atomic E-state index is 5.55. The van der Waals surface area contributed by atoms with Gasteiger partial charge in [0.25, 0.3) is 0 Å². The van der Waals surface area contributed by atoms with Crippen LogP contribution in [-0.2, 0) is 0 Å². The standard InChI is InChI=1S/C13H15BrN2O/c1-3-15-12(13-11(14)6-8-17-13)10-5-4-7-16-9(10)2/h4-8,12,15H,3H2,1-2H3. The molecule has 4 heteroatoms. The second-order valence-electron chi connectivity index (χ2n) is 3.80. The maximum Gasteiger partial charge on any atom is 0.139 e. The number of aromatic nitrogens is 1. The van der Waals surface area contributed by atoms with Crippen LogP contribution in [0.15, 0.2) is 39.5 Å². The quantitative estimate of drug-likeness (QED) is 0.939. The number of rotatable bonds is 4. The van der Waals surface area contributed by atoms with Crippen LogP contribution in [0.4, 0.5) is 0 Å². The molecule has 90 valence electrons. The van der Waals surface area contributed by atoms with E-state index >= 15 is 0 Å². The zero-order chi connectivity index (χ0) is 12.3. The highest BCUT2D eigenvalue weighted by atomic mass is 79.9. The lowest BCUT2D eigenvalue weighted by molar-refractivity contribution is 0.448. The second-order valence-corrected chi connectivity index (χ2v) is 4.66. The Morgan fingerprint density at radius 3 is 2.88 bits per heavy atom. The van der Waals surface area contributed by atoms with E-state index in [0.717, 1.165) is 28.0 Å². The molecule has 17 heavy (non-hydrogen) atoms. The third kappa shape index (κ3) is 2.58. The number of pyridine rings is 1. The summed E-state index contributed by atoms with van der Waals surface area (Å²) >= 11 is 3.50. The molecular formula is C13H15BrN2O. The van der Waals surface area contributed by atoms with Gasteiger partial charge in [0, 0.05) is 11.9 Å². The normalized spacial score (nSPS) is 12.6. The average molecular weight is 295 g/mol. The molecule has 0 spiro atoms. The molecule has 2 heterocycles. The summed E-state index contributed by atoms with van der Waals surface area (Å²) in [5.74, 6) is 0.892. The molecule has 1 N–H and O–H groups in total. The molecule has 0 fully saturated rings. The minimum absolute atomic E-state index is 0.0399. The highest BCUT2D eigenvalue weighted by Gasteiger charge is 2.20. The van der Waals surface area contributed by atoms with Crippen molar-refractivity contribution in [3.05, 3.63) is 52.1 Å². The van der Waals surface area contributed by atoms with E-state index in [1.165, 1.54) is 0 Å². The minimum Gasteiger partial charge on any atom is -0.466 e. The van der Waals surface area contributed by atoms with Gasteiger partial charge in [-0.3, -0.25) is 4.98 Å². The molecule has 0 aromatic carbocycles. The van der Waals surface area contributed by atoms with Crippen molar-refractivity contribution in [3.8, 4) is 0 Å². The summed E-state index contributed by atoms with van der Waals surface area (Å²) in [5.41, 5.74) is 2.16. The van der Waals surface area contributed by atoms with Gasteiger partial charge in [0.05, 0.1) is 16.8 Å². The van der Waals surface area contributed by atoms with E-state index in [4.69, 9.17) is 4.42 Å². The molecule has 0 aliphatic heterocycles. The first-order chi connectivity index (χ1) is 8.24. The first kappa shape index (κ1) is 12.3. The van der Waals surface area contributed by atoms with E-state index in [9.17, 15) is 0 Å². The number of halogens is 1. The first-order valence-corrected chi connectivity index (χ1v) is 6.41. The Morgan fingerprint density at radius 2 is 2.29 bits per heavy atom. The van der Waals surface area contributed by atoms with E-state index in [1.54, 1.807) is 12.5 Å². The Hall–Kier alpha value is -1.13. The molecule has 3 nitrogen and oxygen atoms in total. The SMILES string of the molecule is CCNC(c1cccnc1C)c1occc1Br. The molecule has 0 radical (unpaired) electrons. The van der Waals surface area contributed by atoms with Crippen LogP contribution >= 0.6 is 15.9 Å². The number of aryl methyl sites for hydroxylation is 1. The Labute approximate surface area is 109 Å². The van der Waals surface area contributed by atoms with Crippen molar-refractivity contribution in [1.29, 1.82) is 0 Å². The van der Waals surface area contributed by atoms with Gasteiger partial charge in [0.15, 0.2) is 0 Å². The van der Waals surface area contributed by atoms with Gasteiger partial charge in [-0.25, -0.2) is 0 Å². The third-order valence-corrected chi connectivity index (χ3v) is 3.33. The molecular weight excluding hydrogens is 280 g/mol. The second kappa shape index (κ2) is 5.47. The molecule has 0 saturated carbocycles. The topological polar surface area (TPSA) is 38.1 Å². The van der Waals surface area contributed by atoms with Crippen molar-refractivity contribution < 1.29 is 4.42 Å². The predicted molar refractivity (Wildman–Crippen MR) is 70.9 cm³/mol. The largest absolute Gasteiger partial charge is 0.466 e. The van der Waals surface area contributed by atoms with Crippen LogP contribution in [0.2, 0.25) is 0 Å². The molecule has 0 aliphatic carbocycles. The van der Waals surface area contributed by atoms with Crippen LogP contribution in [0, 0.1) is 6.92 Å². The summed E-state index contributed by atoms with van der Waals surface area (Å²) in [6.45, 7) is 4.96. The summed E-state index contributed by atoms with van der Waals surface area (Å²) in [6.07, 6.45) is 3.49. The van der Waals surface area contributed by atoms with E-state index in [-0.39, 0.29) is 6.04 Å². The van der Waals surface area contributed by atoms with E-state index in [1.807, 2.05) is 19.1 Å². The number of nitrogens with zero attached hydrogens (tertiary/aromatic N) is 1. The lowest BCUT2D eigenvalue weighted by atomic mass is 10.0. The summed E-state index contributed by atoms with van der Waals surface area (Å²) in [7, 11) is 0. The lowest BCUT2D eigenvalue weighted by Crippen LogP contribution is -2.22. The zero-order valence-electron chi connectivity index (χ0n) is 9.90. The first-order valence-electron chi connectivity index (χ1n) is 5.61. The molecule has 0 aliphatic rings. The third-order valence-electron chi connectivity index (χ3n) is 2.67. The maximum absolute atomic E-state index is 5.55. The van der Waals surface area contributed by atoms with E-state index < -0.39 is 0 Å².